The van der Waals surface area contributed by atoms with Crippen LogP contribution in [0.5, 0.6) is 0 Å². The van der Waals surface area contributed by atoms with Gasteiger partial charge in [0.1, 0.15) is 4.21 Å². The van der Waals surface area contributed by atoms with Crippen molar-refractivity contribution in [2.45, 2.75) is 4.21 Å². The number of nitrogens with one attached hydrogen (secondary N) is 1. The van der Waals surface area contributed by atoms with Gasteiger partial charge in [0.05, 0.1) is 23.1 Å². The summed E-state index contributed by atoms with van der Waals surface area (Å²) in [5.74, 6) is -0.963. The van der Waals surface area contributed by atoms with Gasteiger partial charge in [-0.3, -0.25) is 9.59 Å². The molecule has 0 spiro atoms. The summed E-state index contributed by atoms with van der Waals surface area (Å²) in [6.07, 6.45) is 0. The second-order valence-electron chi connectivity index (χ2n) is 5.62. The zero-order chi connectivity index (χ0) is 20.2. The molecule has 7 nitrogen and oxygen atoms in total. The number of benzene rings is 1. The van der Waals surface area contributed by atoms with Crippen molar-refractivity contribution in [1.82, 2.24) is 9.21 Å². The number of carbonyl (C=O) groups is 2. The number of anilines is 1. The molecule has 0 aliphatic carbocycles. The van der Waals surface area contributed by atoms with E-state index in [1.54, 1.807) is 23.6 Å². The summed E-state index contributed by atoms with van der Waals surface area (Å²) in [7, 11) is -0.998. The maximum Gasteiger partial charge on any atom is 0.252 e. The fraction of sp³-hybridized carbons (Fsp3) is 0.250. The molecular weight excluding hydrogens is 433 g/mol. The number of amides is 2. The normalized spacial score (nSPS) is 11.4. The molecule has 11 heteroatoms. The van der Waals surface area contributed by atoms with Gasteiger partial charge < -0.3 is 10.2 Å². The SMILES string of the molecule is CN(CC(=O)Nc1ccc(Cl)c(Cl)c1)C(=O)CN(C)S(=O)(=O)c1cccs1. The highest BCUT2D eigenvalue weighted by molar-refractivity contribution is 7.91. The van der Waals surface area contributed by atoms with Gasteiger partial charge in [-0.05, 0) is 29.6 Å². The number of thiophene rings is 1. The van der Waals surface area contributed by atoms with Crippen LogP contribution < -0.4 is 5.32 Å². The van der Waals surface area contributed by atoms with Crippen molar-refractivity contribution in [2.75, 3.05) is 32.5 Å². The number of hydrogen-bond donors (Lipinski definition) is 1. The van der Waals surface area contributed by atoms with Crippen molar-refractivity contribution in [3.05, 3.63) is 45.8 Å². The smallest absolute Gasteiger partial charge is 0.252 e. The minimum atomic E-state index is -3.73. The number of carbonyl (C=O) groups excluding carboxylic acids is 2. The molecule has 0 bridgehead atoms. The highest BCUT2D eigenvalue weighted by Gasteiger charge is 2.25. The molecule has 146 valence electrons. The molecule has 1 aromatic carbocycles. The monoisotopic (exact) mass is 449 g/mol. The molecule has 0 fully saturated rings. The number of halogens is 2. The predicted octanol–water partition coefficient (Wildman–Crippen LogP) is 2.77. The summed E-state index contributed by atoms with van der Waals surface area (Å²) >= 11 is 12.8. The van der Waals surface area contributed by atoms with Crippen LogP contribution in [0.15, 0.2) is 39.9 Å². The van der Waals surface area contributed by atoms with Crippen molar-refractivity contribution in [3.63, 3.8) is 0 Å². The molecule has 0 atom stereocenters. The third-order valence-corrected chi connectivity index (χ3v) is 7.44. The highest BCUT2D eigenvalue weighted by atomic mass is 35.5. The number of likely N-dealkylation sites (N-methyl/N-ethyl adjacent to an activating group) is 2. The van der Waals surface area contributed by atoms with Crippen LogP contribution in [0.2, 0.25) is 10.0 Å². The molecule has 0 saturated carbocycles. The van der Waals surface area contributed by atoms with Gasteiger partial charge in [-0.2, -0.15) is 4.31 Å². The molecule has 2 aromatic rings. The maximum absolute atomic E-state index is 12.3. The van der Waals surface area contributed by atoms with Crippen molar-refractivity contribution in [3.8, 4) is 0 Å². The van der Waals surface area contributed by atoms with E-state index in [-0.39, 0.29) is 17.3 Å². The fourth-order valence-electron chi connectivity index (χ4n) is 2.04. The number of hydrogen-bond acceptors (Lipinski definition) is 5. The Hall–Kier alpha value is -1.65. The molecule has 1 aromatic heterocycles. The van der Waals surface area contributed by atoms with Crippen molar-refractivity contribution in [1.29, 1.82) is 0 Å². The topological polar surface area (TPSA) is 86.8 Å². The molecule has 0 aliphatic heterocycles. The van der Waals surface area contributed by atoms with Crippen molar-refractivity contribution in [2.24, 2.45) is 0 Å². The van der Waals surface area contributed by atoms with Crippen LogP contribution in [0.25, 0.3) is 0 Å². The van der Waals surface area contributed by atoms with Gasteiger partial charge in [-0.15, -0.1) is 11.3 Å². The lowest BCUT2D eigenvalue weighted by molar-refractivity contribution is -0.133. The van der Waals surface area contributed by atoms with Crippen LogP contribution in [-0.4, -0.2) is 56.6 Å². The van der Waals surface area contributed by atoms with E-state index in [9.17, 15) is 18.0 Å². The number of sulfonamides is 1. The highest BCUT2D eigenvalue weighted by Crippen LogP contribution is 2.25. The molecule has 0 radical (unpaired) electrons. The van der Waals surface area contributed by atoms with E-state index in [4.69, 9.17) is 23.2 Å². The Morgan fingerprint density at radius 1 is 1.11 bits per heavy atom. The molecule has 2 rings (SSSR count). The molecule has 0 unspecified atom stereocenters. The van der Waals surface area contributed by atoms with Crippen molar-refractivity contribution >= 4 is 62.1 Å². The van der Waals surface area contributed by atoms with Gasteiger partial charge in [-0.25, -0.2) is 8.42 Å². The van der Waals surface area contributed by atoms with E-state index in [2.05, 4.69) is 5.32 Å². The summed E-state index contributed by atoms with van der Waals surface area (Å²) < 4.78 is 25.8. The van der Waals surface area contributed by atoms with E-state index in [0.29, 0.717) is 15.7 Å². The minimum Gasteiger partial charge on any atom is -0.335 e. The maximum atomic E-state index is 12.3. The second kappa shape index (κ2) is 9.03. The van der Waals surface area contributed by atoms with Crippen LogP contribution in [0.4, 0.5) is 5.69 Å². The lowest BCUT2D eigenvalue weighted by Crippen LogP contribution is -2.42. The van der Waals surface area contributed by atoms with Gasteiger partial charge in [-0.1, -0.05) is 29.3 Å². The average molecular weight is 450 g/mol. The fourth-order valence-corrected chi connectivity index (χ4v) is 4.66. The Kier molecular flexibility index (Phi) is 7.24. The molecule has 0 aliphatic rings. The summed E-state index contributed by atoms with van der Waals surface area (Å²) in [5, 5.41) is 4.89. The molecule has 1 heterocycles. The van der Waals surface area contributed by atoms with E-state index in [1.165, 1.54) is 26.2 Å². The Balaban J connectivity index is 1.92. The number of nitrogens with zero attached hydrogens (tertiary/aromatic N) is 2. The van der Waals surface area contributed by atoms with Crippen molar-refractivity contribution < 1.29 is 18.0 Å². The summed E-state index contributed by atoms with van der Waals surface area (Å²) in [5.41, 5.74) is 0.438. The van der Waals surface area contributed by atoms with E-state index < -0.39 is 21.8 Å². The molecule has 0 saturated heterocycles. The zero-order valence-corrected chi connectivity index (χ0v) is 17.6. The quantitative estimate of drug-likeness (QED) is 0.703. The van der Waals surface area contributed by atoms with Crippen LogP contribution in [0, 0.1) is 0 Å². The first-order chi connectivity index (χ1) is 12.6. The lowest BCUT2D eigenvalue weighted by Gasteiger charge is -2.21. The Morgan fingerprint density at radius 3 is 2.41 bits per heavy atom. The second-order valence-corrected chi connectivity index (χ2v) is 9.65. The Labute approximate surface area is 171 Å². The summed E-state index contributed by atoms with van der Waals surface area (Å²) in [4.78, 5) is 25.5. The molecule has 1 N–H and O–H groups in total. The minimum absolute atomic E-state index is 0.151. The first-order valence-corrected chi connectivity index (χ1v) is 10.7. The lowest BCUT2D eigenvalue weighted by atomic mass is 10.3. The molecule has 2 amide bonds. The van der Waals surface area contributed by atoms with E-state index in [1.807, 2.05) is 0 Å². The largest absolute Gasteiger partial charge is 0.335 e. The average Bonchev–Trinajstić information content (AvgIpc) is 3.13. The van der Waals surface area contributed by atoms with Crippen LogP contribution in [-0.2, 0) is 19.6 Å². The zero-order valence-electron chi connectivity index (χ0n) is 14.5. The first kappa shape index (κ1) is 21.6. The van der Waals surface area contributed by atoms with Crippen LogP contribution in [0.3, 0.4) is 0 Å². The van der Waals surface area contributed by atoms with Gasteiger partial charge in [0.15, 0.2) is 0 Å². The van der Waals surface area contributed by atoms with E-state index in [0.717, 1.165) is 20.5 Å². The summed E-state index contributed by atoms with van der Waals surface area (Å²) in [6.45, 7) is -0.622. The Morgan fingerprint density at radius 2 is 1.81 bits per heavy atom. The summed E-state index contributed by atoms with van der Waals surface area (Å²) in [6, 6.07) is 7.70. The van der Waals surface area contributed by atoms with Gasteiger partial charge in [0.25, 0.3) is 10.0 Å². The van der Waals surface area contributed by atoms with E-state index >= 15 is 0 Å². The Bertz CT molecular complexity index is 933. The third-order valence-electron chi connectivity index (χ3n) is 3.53. The van der Waals surface area contributed by atoms with Crippen LogP contribution >= 0.6 is 34.5 Å². The molecule has 27 heavy (non-hydrogen) atoms. The van der Waals surface area contributed by atoms with Crippen LogP contribution in [0.1, 0.15) is 0 Å². The third kappa shape index (κ3) is 5.66. The van der Waals surface area contributed by atoms with Gasteiger partial charge in [0, 0.05) is 19.8 Å². The molecular formula is C16H17Cl2N3O4S2. The van der Waals surface area contributed by atoms with Gasteiger partial charge >= 0.3 is 0 Å². The number of rotatable bonds is 7. The first-order valence-electron chi connectivity index (χ1n) is 7.60. The standard InChI is InChI=1S/C16H17Cl2N3O4S2/c1-20(9-14(22)19-11-5-6-12(17)13(18)8-11)15(23)10-21(2)27(24,25)16-4-3-7-26-16/h3-8H,9-10H2,1-2H3,(H,19,22). The van der Waals surface area contributed by atoms with Gasteiger partial charge in [0.2, 0.25) is 11.8 Å². The predicted molar refractivity (Wildman–Crippen MR) is 107 cm³/mol.